The maximum Gasteiger partial charge on any atom is 0.184 e. The minimum atomic E-state index is 0.200. The highest BCUT2D eigenvalue weighted by Gasteiger charge is 1.98. The van der Waals surface area contributed by atoms with E-state index >= 15 is 0 Å². The highest BCUT2D eigenvalue weighted by atomic mass is 16.5. The minimum absolute atomic E-state index is 0.200. The van der Waals surface area contributed by atoms with Gasteiger partial charge in [-0.05, 0) is 30.2 Å². The minimum Gasteiger partial charge on any atom is -0.444 e. The van der Waals surface area contributed by atoms with Gasteiger partial charge in [-0.2, -0.15) is 0 Å². The number of rotatable bonds is 2. The van der Waals surface area contributed by atoms with Gasteiger partial charge in [-0.3, -0.25) is 5.41 Å². The van der Waals surface area contributed by atoms with E-state index < -0.39 is 0 Å². The van der Waals surface area contributed by atoms with Crippen LogP contribution in [0.3, 0.4) is 0 Å². The molecule has 0 atom stereocenters. The van der Waals surface area contributed by atoms with E-state index in [1.807, 2.05) is 25.1 Å². The molecule has 2 nitrogen and oxygen atoms in total. The molecule has 0 saturated heterocycles. The van der Waals surface area contributed by atoms with Crippen molar-refractivity contribution >= 4 is 12.0 Å². The fourth-order valence-corrected chi connectivity index (χ4v) is 1.12. The van der Waals surface area contributed by atoms with Crippen LogP contribution in [0.4, 0.5) is 0 Å². The van der Waals surface area contributed by atoms with Gasteiger partial charge in [0.2, 0.25) is 0 Å². The van der Waals surface area contributed by atoms with Crippen LogP contribution in [0.25, 0.3) is 6.08 Å². The van der Waals surface area contributed by atoms with Gasteiger partial charge in [0.15, 0.2) is 5.90 Å². The molecule has 1 aromatic carbocycles. The maximum atomic E-state index is 7.16. The van der Waals surface area contributed by atoms with E-state index in [9.17, 15) is 0 Å². The molecule has 0 radical (unpaired) electrons. The number of benzene rings is 1. The largest absolute Gasteiger partial charge is 0.444 e. The Hall–Kier alpha value is -1.57. The Morgan fingerprint density at radius 3 is 2.69 bits per heavy atom. The molecule has 2 heteroatoms. The molecule has 1 aromatic rings. The van der Waals surface area contributed by atoms with Gasteiger partial charge in [-0.25, -0.2) is 0 Å². The van der Waals surface area contributed by atoms with Crippen LogP contribution in [-0.4, -0.2) is 5.90 Å². The van der Waals surface area contributed by atoms with Crippen LogP contribution in [0.1, 0.15) is 18.1 Å². The second-order valence-electron chi connectivity index (χ2n) is 2.88. The molecule has 0 aromatic heterocycles. The van der Waals surface area contributed by atoms with Crippen molar-refractivity contribution in [3.05, 3.63) is 35.9 Å². The third-order valence-corrected chi connectivity index (χ3v) is 1.73. The average molecular weight is 175 g/mol. The van der Waals surface area contributed by atoms with E-state index in [0.717, 1.165) is 11.1 Å². The summed E-state index contributed by atoms with van der Waals surface area (Å²) in [6.07, 6.45) is 1.80. The van der Waals surface area contributed by atoms with Gasteiger partial charge in [0.1, 0.15) is 5.75 Å². The fraction of sp³-hybridized carbons (Fsp3) is 0.182. The molecule has 13 heavy (non-hydrogen) atoms. The van der Waals surface area contributed by atoms with Gasteiger partial charge in [-0.15, -0.1) is 0 Å². The Morgan fingerprint density at radius 2 is 2.23 bits per heavy atom. The van der Waals surface area contributed by atoms with E-state index in [1.54, 1.807) is 13.0 Å². The van der Waals surface area contributed by atoms with Crippen molar-refractivity contribution in [1.29, 1.82) is 5.41 Å². The lowest BCUT2D eigenvalue weighted by atomic mass is 10.1. The lowest BCUT2D eigenvalue weighted by Gasteiger charge is -2.05. The molecule has 0 heterocycles. The summed E-state index contributed by atoms with van der Waals surface area (Å²) in [5, 5.41) is 7.16. The summed E-state index contributed by atoms with van der Waals surface area (Å²) in [7, 11) is 0. The first-order chi connectivity index (χ1) is 6.13. The van der Waals surface area contributed by atoms with E-state index in [-0.39, 0.29) is 5.90 Å². The first-order valence-corrected chi connectivity index (χ1v) is 4.09. The molecule has 0 aliphatic carbocycles. The molecule has 0 aliphatic rings. The van der Waals surface area contributed by atoms with Crippen molar-refractivity contribution in [2.45, 2.75) is 13.8 Å². The predicted molar refractivity (Wildman–Crippen MR) is 55.3 cm³/mol. The molecular formula is C11H13NO. The van der Waals surface area contributed by atoms with Crippen molar-refractivity contribution in [3.63, 3.8) is 0 Å². The number of hydrogen-bond donors (Lipinski definition) is 1. The Morgan fingerprint density at radius 1 is 1.54 bits per heavy atom. The van der Waals surface area contributed by atoms with Gasteiger partial charge in [0, 0.05) is 6.92 Å². The monoisotopic (exact) mass is 175 g/mol. The van der Waals surface area contributed by atoms with Gasteiger partial charge in [0.05, 0.1) is 0 Å². The summed E-state index contributed by atoms with van der Waals surface area (Å²) in [6, 6.07) is 5.66. The molecule has 0 aliphatic heterocycles. The summed E-state index contributed by atoms with van der Waals surface area (Å²) in [6.45, 7) is 7.30. The highest BCUT2D eigenvalue weighted by Crippen LogP contribution is 2.17. The number of aryl methyl sites for hydroxylation is 1. The summed E-state index contributed by atoms with van der Waals surface area (Å²) in [5.74, 6) is 0.904. The standard InChI is InChI=1S/C11H13NO/c1-4-10-5-6-11(7-8(10)2)13-9(3)12/h4-7,12H,1H2,2-3H3. The van der Waals surface area contributed by atoms with Crippen LogP contribution in [0.15, 0.2) is 24.8 Å². The predicted octanol–water partition coefficient (Wildman–Crippen LogP) is 3.01. The summed E-state index contributed by atoms with van der Waals surface area (Å²) >= 11 is 0. The van der Waals surface area contributed by atoms with Crippen molar-refractivity contribution in [2.24, 2.45) is 0 Å². The van der Waals surface area contributed by atoms with Crippen molar-refractivity contribution in [2.75, 3.05) is 0 Å². The van der Waals surface area contributed by atoms with Crippen molar-refractivity contribution in [1.82, 2.24) is 0 Å². The average Bonchev–Trinajstić information content (AvgIpc) is 2.03. The first kappa shape index (κ1) is 9.52. The molecule has 0 fully saturated rings. The smallest absolute Gasteiger partial charge is 0.184 e. The third kappa shape index (κ3) is 2.44. The van der Waals surface area contributed by atoms with Crippen LogP contribution in [0, 0.1) is 12.3 Å². The summed E-state index contributed by atoms with van der Waals surface area (Å²) in [5.41, 5.74) is 2.20. The van der Waals surface area contributed by atoms with Crippen molar-refractivity contribution < 1.29 is 4.74 Å². The number of nitrogens with one attached hydrogen (secondary N) is 1. The first-order valence-electron chi connectivity index (χ1n) is 4.09. The summed E-state index contributed by atoms with van der Waals surface area (Å²) in [4.78, 5) is 0. The fourth-order valence-electron chi connectivity index (χ4n) is 1.12. The van der Waals surface area contributed by atoms with Gasteiger partial charge < -0.3 is 4.74 Å². The molecule has 0 saturated carbocycles. The van der Waals surface area contributed by atoms with Gasteiger partial charge >= 0.3 is 0 Å². The van der Waals surface area contributed by atoms with Crippen LogP contribution in [0.2, 0.25) is 0 Å². The lowest BCUT2D eigenvalue weighted by molar-refractivity contribution is 0.541. The van der Waals surface area contributed by atoms with Gasteiger partial charge in [-0.1, -0.05) is 18.7 Å². The van der Waals surface area contributed by atoms with E-state index in [1.165, 1.54) is 0 Å². The highest BCUT2D eigenvalue weighted by molar-refractivity contribution is 5.72. The molecule has 0 amide bonds. The van der Waals surface area contributed by atoms with E-state index in [0.29, 0.717) is 5.75 Å². The number of hydrogen-bond acceptors (Lipinski definition) is 2. The molecule has 1 N–H and O–H groups in total. The van der Waals surface area contributed by atoms with Crippen LogP contribution >= 0.6 is 0 Å². The Bertz CT molecular complexity index is 342. The SMILES string of the molecule is C=Cc1ccc(OC(C)=N)cc1C. The topological polar surface area (TPSA) is 33.1 Å². The zero-order valence-corrected chi connectivity index (χ0v) is 7.92. The quantitative estimate of drug-likeness (QED) is 0.544. The van der Waals surface area contributed by atoms with Crippen LogP contribution < -0.4 is 4.74 Å². The number of ether oxygens (including phenoxy) is 1. The molecule has 0 unspecified atom stereocenters. The molecular weight excluding hydrogens is 162 g/mol. The van der Waals surface area contributed by atoms with E-state index in [2.05, 4.69) is 6.58 Å². The molecule has 68 valence electrons. The van der Waals surface area contributed by atoms with Crippen LogP contribution in [-0.2, 0) is 0 Å². The Balaban J connectivity index is 2.95. The van der Waals surface area contributed by atoms with Crippen molar-refractivity contribution in [3.8, 4) is 5.75 Å². The third-order valence-electron chi connectivity index (χ3n) is 1.73. The zero-order valence-electron chi connectivity index (χ0n) is 7.92. The maximum absolute atomic E-state index is 7.16. The lowest BCUT2D eigenvalue weighted by Crippen LogP contribution is -2.00. The second-order valence-corrected chi connectivity index (χ2v) is 2.88. The normalized spacial score (nSPS) is 9.38. The summed E-state index contributed by atoms with van der Waals surface area (Å²) < 4.78 is 5.14. The van der Waals surface area contributed by atoms with Crippen LogP contribution in [0.5, 0.6) is 5.75 Å². The Labute approximate surface area is 78.4 Å². The molecule has 1 rings (SSSR count). The van der Waals surface area contributed by atoms with Gasteiger partial charge in [0.25, 0.3) is 0 Å². The zero-order chi connectivity index (χ0) is 9.84. The molecule has 0 spiro atoms. The molecule has 0 bridgehead atoms. The van der Waals surface area contributed by atoms with E-state index in [4.69, 9.17) is 10.1 Å². The Kier molecular flexibility index (Phi) is 2.85. The second kappa shape index (κ2) is 3.90.